The van der Waals surface area contributed by atoms with Gasteiger partial charge in [0.15, 0.2) is 0 Å². The van der Waals surface area contributed by atoms with Crippen LogP contribution in [-0.4, -0.2) is 46.0 Å². The number of carbonyl (C=O) groups excluding carboxylic acids is 1. The summed E-state index contributed by atoms with van der Waals surface area (Å²) in [6.45, 7) is 7.52. The molecule has 0 saturated carbocycles. The molecule has 2 heterocycles. The first-order chi connectivity index (χ1) is 15.8. The number of aromatic nitrogens is 3. The summed E-state index contributed by atoms with van der Waals surface area (Å²) >= 11 is 0. The number of ether oxygens (including phenoxy) is 1. The Morgan fingerprint density at radius 2 is 1.68 bits per heavy atom. The van der Waals surface area contributed by atoms with E-state index in [-0.39, 0.29) is 34.8 Å². The highest BCUT2D eigenvalue weighted by molar-refractivity contribution is 6.01. The van der Waals surface area contributed by atoms with Crippen LogP contribution in [0.4, 0.5) is 13.2 Å². The summed E-state index contributed by atoms with van der Waals surface area (Å²) in [5.41, 5.74) is -0.0894. The molecule has 0 radical (unpaired) electrons. The van der Waals surface area contributed by atoms with Gasteiger partial charge in [-0.3, -0.25) is 4.79 Å². The lowest BCUT2D eigenvalue weighted by Crippen LogP contribution is -2.36. The summed E-state index contributed by atoms with van der Waals surface area (Å²) in [6, 6.07) is 8.85. The molecule has 182 valence electrons. The van der Waals surface area contributed by atoms with E-state index in [1.54, 1.807) is 37.4 Å². The lowest BCUT2D eigenvalue weighted by Gasteiger charge is -2.27. The van der Waals surface area contributed by atoms with Gasteiger partial charge in [-0.2, -0.15) is 13.2 Å². The number of alkyl halides is 3. The summed E-state index contributed by atoms with van der Waals surface area (Å²) in [5.74, 6) is -0.504. The van der Waals surface area contributed by atoms with Crippen LogP contribution in [0.3, 0.4) is 0 Å². The molecule has 3 rings (SSSR count). The number of benzene rings is 1. The van der Waals surface area contributed by atoms with Crippen molar-refractivity contribution in [1.29, 1.82) is 0 Å². The predicted molar refractivity (Wildman–Crippen MR) is 124 cm³/mol. The lowest BCUT2D eigenvalue weighted by atomic mass is 9.96. The first kappa shape index (κ1) is 25.3. The summed E-state index contributed by atoms with van der Waals surface area (Å²) in [5, 5.41) is 0. The van der Waals surface area contributed by atoms with E-state index in [2.05, 4.69) is 9.97 Å². The topological polar surface area (TPSA) is 60.3 Å². The molecule has 1 aromatic carbocycles. The van der Waals surface area contributed by atoms with Crippen molar-refractivity contribution in [3.63, 3.8) is 0 Å². The second-order valence-electron chi connectivity index (χ2n) is 9.45. The molecule has 0 aliphatic carbocycles. The Balaban J connectivity index is 2.31. The molecule has 0 aliphatic heterocycles. The maximum atomic E-state index is 14.4. The first-order valence-electron chi connectivity index (χ1n) is 10.8. The van der Waals surface area contributed by atoms with Crippen molar-refractivity contribution >= 4 is 5.91 Å². The molecule has 0 N–H and O–H groups in total. The van der Waals surface area contributed by atoms with Crippen LogP contribution in [0.25, 0.3) is 11.1 Å². The fraction of sp³-hybridized carbons (Fsp3) is 0.400. The predicted octanol–water partition coefficient (Wildman–Crippen LogP) is 5.45. The van der Waals surface area contributed by atoms with Gasteiger partial charge in [0.2, 0.25) is 0 Å². The first-order valence-corrected chi connectivity index (χ1v) is 10.8. The van der Waals surface area contributed by atoms with Gasteiger partial charge in [0.1, 0.15) is 11.4 Å². The number of amides is 1. The fourth-order valence-corrected chi connectivity index (χ4v) is 4.13. The maximum absolute atomic E-state index is 14.4. The molecule has 0 spiro atoms. The summed E-state index contributed by atoms with van der Waals surface area (Å²) < 4.78 is 49.2. The van der Waals surface area contributed by atoms with Gasteiger partial charge in [0.25, 0.3) is 5.91 Å². The van der Waals surface area contributed by atoms with Crippen LogP contribution in [-0.2, 0) is 12.7 Å². The van der Waals surface area contributed by atoms with E-state index < -0.39 is 17.8 Å². The second-order valence-corrected chi connectivity index (χ2v) is 9.45. The Hall–Kier alpha value is -3.36. The molecule has 3 aromatic rings. The van der Waals surface area contributed by atoms with Crippen molar-refractivity contribution < 1.29 is 22.7 Å². The highest BCUT2D eigenvalue weighted by Gasteiger charge is 2.41. The maximum Gasteiger partial charge on any atom is 0.431 e. The summed E-state index contributed by atoms with van der Waals surface area (Å²) in [6.07, 6.45) is -1.93. The molecule has 0 bridgehead atoms. The van der Waals surface area contributed by atoms with Crippen LogP contribution in [0.15, 0.2) is 42.7 Å². The van der Waals surface area contributed by atoms with Crippen LogP contribution >= 0.6 is 0 Å². The Labute approximate surface area is 197 Å². The van der Waals surface area contributed by atoms with Crippen molar-refractivity contribution in [2.45, 2.75) is 40.4 Å². The molecule has 0 atom stereocenters. The van der Waals surface area contributed by atoms with E-state index in [0.29, 0.717) is 17.7 Å². The van der Waals surface area contributed by atoms with E-state index in [1.807, 2.05) is 20.8 Å². The van der Waals surface area contributed by atoms with Crippen molar-refractivity contribution in [2.75, 3.05) is 20.7 Å². The monoisotopic (exact) mass is 474 g/mol. The van der Waals surface area contributed by atoms with Crippen LogP contribution < -0.4 is 4.74 Å². The van der Waals surface area contributed by atoms with Gasteiger partial charge in [-0.15, -0.1) is 0 Å². The zero-order valence-corrected chi connectivity index (χ0v) is 20.2. The van der Waals surface area contributed by atoms with Crippen molar-refractivity contribution in [3.05, 3.63) is 65.2 Å². The third-order valence-corrected chi connectivity index (χ3v) is 5.32. The molecule has 0 fully saturated rings. The van der Waals surface area contributed by atoms with Crippen molar-refractivity contribution in [2.24, 2.45) is 5.41 Å². The fourth-order valence-electron chi connectivity index (χ4n) is 4.13. The van der Waals surface area contributed by atoms with Gasteiger partial charge < -0.3 is 14.2 Å². The van der Waals surface area contributed by atoms with E-state index in [1.165, 1.54) is 31.3 Å². The van der Waals surface area contributed by atoms with E-state index >= 15 is 0 Å². The smallest absolute Gasteiger partial charge is 0.431 e. The third-order valence-electron chi connectivity index (χ3n) is 5.32. The van der Waals surface area contributed by atoms with E-state index in [9.17, 15) is 18.0 Å². The minimum Gasteiger partial charge on any atom is -0.467 e. The summed E-state index contributed by atoms with van der Waals surface area (Å²) in [7, 11) is 3.00. The van der Waals surface area contributed by atoms with E-state index in [0.717, 1.165) is 4.57 Å². The molecular weight excluding hydrogens is 445 g/mol. The molecule has 2 aromatic heterocycles. The Kier molecular flexibility index (Phi) is 7.05. The molecule has 0 aliphatic rings. The van der Waals surface area contributed by atoms with Crippen LogP contribution in [0.5, 0.6) is 6.01 Å². The highest BCUT2D eigenvalue weighted by atomic mass is 19.4. The van der Waals surface area contributed by atoms with Crippen LogP contribution in [0, 0.1) is 12.3 Å². The Bertz CT molecular complexity index is 1150. The SMILES string of the molecule is COc1ncc(-c2c(C)c(C(F)(F)F)n(Cc3ccccc3)c2C(=O)N(C)CC(C)(C)C)cn1. The van der Waals surface area contributed by atoms with Gasteiger partial charge in [0.05, 0.1) is 7.11 Å². The average Bonchev–Trinajstić information content (AvgIpc) is 3.04. The quantitative estimate of drug-likeness (QED) is 0.477. The molecule has 1 amide bonds. The average molecular weight is 475 g/mol. The Morgan fingerprint density at radius 1 is 1.09 bits per heavy atom. The molecule has 6 nitrogen and oxygen atoms in total. The van der Waals surface area contributed by atoms with Crippen LogP contribution in [0.2, 0.25) is 0 Å². The normalized spacial score (nSPS) is 12.0. The lowest BCUT2D eigenvalue weighted by molar-refractivity contribution is -0.143. The molecule has 0 unspecified atom stereocenters. The number of rotatable bonds is 6. The minimum absolute atomic E-state index is 0.0470. The number of methoxy groups -OCH3 is 1. The van der Waals surface area contributed by atoms with Crippen LogP contribution in [0.1, 0.15) is 48.1 Å². The Morgan fingerprint density at radius 3 is 2.18 bits per heavy atom. The number of hydrogen-bond donors (Lipinski definition) is 0. The number of carbonyl (C=O) groups is 1. The third kappa shape index (κ3) is 5.40. The second kappa shape index (κ2) is 9.48. The number of hydrogen-bond acceptors (Lipinski definition) is 4. The standard InChI is InChI=1S/C25H29F3N4O2/c1-16-19(18-12-29-23(34-6)30-13-18)20(22(33)31(5)15-24(2,3)4)32(21(16)25(26,27)28)14-17-10-8-7-9-11-17/h7-13H,14-15H2,1-6H3. The highest BCUT2D eigenvalue weighted by Crippen LogP contribution is 2.41. The van der Waals surface area contributed by atoms with Gasteiger partial charge >= 0.3 is 12.2 Å². The molecule has 34 heavy (non-hydrogen) atoms. The molecule has 0 saturated heterocycles. The molecule has 9 heteroatoms. The molecular formula is C25H29F3N4O2. The largest absolute Gasteiger partial charge is 0.467 e. The van der Waals surface area contributed by atoms with Gasteiger partial charge in [-0.05, 0) is 23.5 Å². The summed E-state index contributed by atoms with van der Waals surface area (Å²) in [4.78, 5) is 23.3. The van der Waals surface area contributed by atoms with Crippen molar-refractivity contribution in [1.82, 2.24) is 19.4 Å². The van der Waals surface area contributed by atoms with E-state index in [4.69, 9.17) is 4.74 Å². The van der Waals surface area contributed by atoms with Gasteiger partial charge in [-0.1, -0.05) is 51.1 Å². The zero-order valence-electron chi connectivity index (χ0n) is 20.2. The van der Waals surface area contributed by atoms with Gasteiger partial charge in [-0.25, -0.2) is 9.97 Å². The van der Waals surface area contributed by atoms with Gasteiger partial charge in [0, 0.05) is 43.7 Å². The van der Waals surface area contributed by atoms with Crippen molar-refractivity contribution in [3.8, 4) is 17.1 Å². The number of halogens is 3. The minimum atomic E-state index is -4.68. The zero-order chi connectivity index (χ0) is 25.3. The number of nitrogens with zero attached hydrogens (tertiary/aromatic N) is 4.